The van der Waals surface area contributed by atoms with Crippen LogP contribution in [0.1, 0.15) is 36.2 Å². The minimum atomic E-state index is -0.336. The number of hydrogen-bond donors (Lipinski definition) is 1. The Balaban J connectivity index is 1.26. The quantitative estimate of drug-likeness (QED) is 0.597. The van der Waals surface area contributed by atoms with E-state index in [0.29, 0.717) is 0 Å². The Morgan fingerprint density at radius 1 is 1.10 bits per heavy atom. The zero-order valence-corrected chi connectivity index (χ0v) is 17.9. The summed E-state index contributed by atoms with van der Waals surface area (Å²) in [6.07, 6.45) is 6.74. The van der Waals surface area contributed by atoms with Gasteiger partial charge in [-0.15, -0.1) is 0 Å². The summed E-state index contributed by atoms with van der Waals surface area (Å²) in [5.74, 6) is -0.985. The van der Waals surface area contributed by atoms with Crippen molar-refractivity contribution in [2.75, 3.05) is 6.54 Å². The molecule has 5 unspecified atom stereocenters. The number of rotatable bonds is 5. The number of likely N-dealkylation sites (tertiary alicyclic amines) is 1. The molecule has 7 heteroatoms. The highest BCUT2D eigenvalue weighted by Gasteiger charge is 2.59. The summed E-state index contributed by atoms with van der Waals surface area (Å²) < 4.78 is 1.84. The van der Waals surface area contributed by atoms with Crippen LogP contribution in [0.3, 0.4) is 0 Å². The van der Waals surface area contributed by atoms with Gasteiger partial charge in [0.15, 0.2) is 0 Å². The molecule has 1 N–H and O–H groups in total. The zero-order valence-electron chi connectivity index (χ0n) is 17.9. The van der Waals surface area contributed by atoms with Gasteiger partial charge in [-0.1, -0.05) is 29.8 Å². The molecule has 5 rings (SSSR count). The molecule has 2 fully saturated rings. The second-order valence-corrected chi connectivity index (χ2v) is 8.98. The predicted octanol–water partition coefficient (Wildman–Crippen LogP) is 2.47. The first-order chi connectivity index (χ1) is 14.8. The van der Waals surface area contributed by atoms with Gasteiger partial charge in [0.25, 0.3) is 0 Å². The van der Waals surface area contributed by atoms with Crippen LogP contribution in [0, 0.1) is 37.5 Å². The van der Waals surface area contributed by atoms with Gasteiger partial charge in [0.2, 0.25) is 17.7 Å². The van der Waals surface area contributed by atoms with Crippen LogP contribution in [0.4, 0.5) is 0 Å². The average molecular weight is 418 g/mol. The molecule has 1 saturated heterocycles. The monoisotopic (exact) mass is 418 g/mol. The number of amides is 3. The van der Waals surface area contributed by atoms with Gasteiger partial charge in [-0.05, 0) is 51.2 Å². The standard InChI is InChI=1S/C24H26N4O3/c1-13-4-8-18(9-5-13)28-15(3)19(11-25-28)14(2)26-20(29)12-27-23(30)21-16-6-7-17(10-16)22(21)24(27)31/h4-9,11,14,16-17,21-22H,10,12H2,1-3H3,(H,26,29). The van der Waals surface area contributed by atoms with Crippen molar-refractivity contribution in [3.63, 3.8) is 0 Å². The minimum Gasteiger partial charge on any atom is -0.348 e. The van der Waals surface area contributed by atoms with Crippen LogP contribution >= 0.6 is 0 Å². The van der Waals surface area contributed by atoms with Crippen molar-refractivity contribution >= 4 is 17.7 Å². The van der Waals surface area contributed by atoms with Gasteiger partial charge in [-0.2, -0.15) is 5.10 Å². The Hall–Kier alpha value is -3.22. The van der Waals surface area contributed by atoms with E-state index < -0.39 is 0 Å². The van der Waals surface area contributed by atoms with E-state index in [0.717, 1.165) is 28.3 Å². The summed E-state index contributed by atoms with van der Waals surface area (Å²) >= 11 is 0. The number of hydrogen-bond acceptors (Lipinski definition) is 4. The SMILES string of the molecule is Cc1ccc(-n2ncc(C(C)NC(=O)CN3C(=O)C4C5C=CC(C5)C4C3=O)c2C)cc1. The first-order valence-electron chi connectivity index (χ1n) is 10.8. The number of aryl methyl sites for hydroxylation is 1. The van der Waals surface area contributed by atoms with Gasteiger partial charge in [-0.25, -0.2) is 4.68 Å². The second kappa shape index (κ2) is 7.18. The number of fused-ring (bicyclic) bond motifs is 5. The van der Waals surface area contributed by atoms with E-state index in [9.17, 15) is 14.4 Å². The van der Waals surface area contributed by atoms with Crippen molar-refractivity contribution in [2.45, 2.75) is 33.2 Å². The minimum absolute atomic E-state index is 0.147. The average Bonchev–Trinajstić information content (AvgIpc) is 3.49. The van der Waals surface area contributed by atoms with Crippen molar-refractivity contribution in [2.24, 2.45) is 23.7 Å². The van der Waals surface area contributed by atoms with Gasteiger partial charge < -0.3 is 5.32 Å². The lowest BCUT2D eigenvalue weighted by Gasteiger charge is -2.19. The van der Waals surface area contributed by atoms with E-state index in [2.05, 4.69) is 22.6 Å². The molecular formula is C24H26N4O3. The molecule has 1 aliphatic heterocycles. The Morgan fingerprint density at radius 3 is 2.32 bits per heavy atom. The van der Waals surface area contributed by atoms with Gasteiger partial charge in [-0.3, -0.25) is 19.3 Å². The van der Waals surface area contributed by atoms with Crippen molar-refractivity contribution < 1.29 is 14.4 Å². The van der Waals surface area contributed by atoms with Crippen LogP contribution in [-0.4, -0.2) is 38.9 Å². The number of aromatic nitrogens is 2. The number of nitrogens with one attached hydrogen (secondary N) is 1. The zero-order chi connectivity index (χ0) is 21.9. The number of carbonyl (C=O) groups excluding carboxylic acids is 3. The molecule has 160 valence electrons. The van der Waals surface area contributed by atoms with Gasteiger partial charge in [0, 0.05) is 11.3 Å². The number of allylic oxidation sites excluding steroid dienone is 2. The predicted molar refractivity (Wildman–Crippen MR) is 114 cm³/mol. The number of imide groups is 1. The van der Waals surface area contributed by atoms with Gasteiger partial charge in [0.05, 0.1) is 29.8 Å². The van der Waals surface area contributed by atoms with E-state index in [1.54, 1.807) is 6.20 Å². The van der Waals surface area contributed by atoms with Crippen LogP contribution in [0.15, 0.2) is 42.6 Å². The Labute approximate surface area is 181 Å². The normalized spacial score (nSPS) is 27.1. The van der Waals surface area contributed by atoms with Crippen LogP contribution in [0.2, 0.25) is 0 Å². The highest BCUT2D eigenvalue weighted by atomic mass is 16.2. The highest BCUT2D eigenvalue weighted by molar-refractivity contribution is 6.08. The lowest BCUT2D eigenvalue weighted by Crippen LogP contribution is -2.42. The molecule has 3 aliphatic rings. The molecule has 2 aromatic rings. The molecule has 3 amide bonds. The largest absolute Gasteiger partial charge is 0.348 e. The molecule has 1 saturated carbocycles. The molecule has 31 heavy (non-hydrogen) atoms. The fourth-order valence-electron chi connectivity index (χ4n) is 5.42. The number of benzene rings is 1. The molecule has 0 spiro atoms. The number of nitrogens with zero attached hydrogens (tertiary/aromatic N) is 3. The third-order valence-electron chi connectivity index (χ3n) is 7.03. The Morgan fingerprint density at radius 2 is 1.71 bits per heavy atom. The highest BCUT2D eigenvalue weighted by Crippen LogP contribution is 2.52. The fourth-order valence-corrected chi connectivity index (χ4v) is 5.42. The molecule has 1 aromatic heterocycles. The first-order valence-corrected chi connectivity index (χ1v) is 10.8. The van der Waals surface area contributed by atoms with E-state index in [-0.39, 0.29) is 54.0 Å². The summed E-state index contributed by atoms with van der Waals surface area (Å²) in [5, 5.41) is 7.40. The molecular weight excluding hydrogens is 392 g/mol. The van der Waals surface area contributed by atoms with E-state index in [4.69, 9.17) is 0 Å². The Bertz CT molecular complexity index is 1070. The molecule has 0 radical (unpaired) electrons. The maximum atomic E-state index is 12.8. The topological polar surface area (TPSA) is 84.3 Å². The van der Waals surface area contributed by atoms with E-state index in [1.807, 2.05) is 49.7 Å². The lowest BCUT2D eigenvalue weighted by atomic mass is 9.85. The fraction of sp³-hybridized carbons (Fsp3) is 0.417. The van der Waals surface area contributed by atoms with Crippen LogP contribution in [0.5, 0.6) is 0 Å². The smallest absolute Gasteiger partial charge is 0.240 e. The third-order valence-corrected chi connectivity index (χ3v) is 7.03. The van der Waals surface area contributed by atoms with Crippen molar-refractivity contribution in [3.8, 4) is 5.69 Å². The van der Waals surface area contributed by atoms with Crippen molar-refractivity contribution in [1.82, 2.24) is 20.0 Å². The van der Waals surface area contributed by atoms with Crippen LogP contribution < -0.4 is 5.32 Å². The number of carbonyl (C=O) groups is 3. The summed E-state index contributed by atoms with van der Waals surface area (Å²) in [5.41, 5.74) is 3.96. The maximum Gasteiger partial charge on any atom is 0.240 e. The molecule has 5 atom stereocenters. The summed E-state index contributed by atoms with van der Waals surface area (Å²) in [6, 6.07) is 7.78. The molecule has 7 nitrogen and oxygen atoms in total. The van der Waals surface area contributed by atoms with E-state index >= 15 is 0 Å². The molecule has 2 bridgehead atoms. The van der Waals surface area contributed by atoms with Crippen molar-refractivity contribution in [1.29, 1.82) is 0 Å². The van der Waals surface area contributed by atoms with Crippen LogP contribution in [0.25, 0.3) is 5.69 Å². The molecule has 1 aromatic carbocycles. The lowest BCUT2D eigenvalue weighted by molar-refractivity contribution is -0.144. The molecule has 2 heterocycles. The summed E-state index contributed by atoms with van der Waals surface area (Å²) in [6.45, 7) is 5.66. The third kappa shape index (κ3) is 3.10. The first kappa shape index (κ1) is 19.7. The summed E-state index contributed by atoms with van der Waals surface area (Å²) in [7, 11) is 0. The van der Waals surface area contributed by atoms with Gasteiger partial charge >= 0.3 is 0 Å². The van der Waals surface area contributed by atoms with Crippen molar-refractivity contribution in [3.05, 3.63) is 59.4 Å². The van der Waals surface area contributed by atoms with Gasteiger partial charge in [0.1, 0.15) is 6.54 Å². The molecule has 2 aliphatic carbocycles. The summed E-state index contributed by atoms with van der Waals surface area (Å²) in [4.78, 5) is 39.4. The Kier molecular flexibility index (Phi) is 4.57. The van der Waals surface area contributed by atoms with E-state index in [1.165, 1.54) is 5.56 Å². The second-order valence-electron chi connectivity index (χ2n) is 8.98. The maximum absolute atomic E-state index is 12.8. The van der Waals surface area contributed by atoms with Crippen LogP contribution in [-0.2, 0) is 14.4 Å².